The quantitative estimate of drug-likeness (QED) is 0.462. The number of nitrogens with two attached hydrogens (primary N) is 2. The van der Waals surface area contributed by atoms with E-state index in [1.165, 1.54) is 12.2 Å². The van der Waals surface area contributed by atoms with Crippen LogP contribution in [0.25, 0.3) is 0 Å². The number of allylic oxidation sites excluding steroid dienone is 2. The molecule has 0 unspecified atom stereocenters. The number of likely N-dealkylation sites (N-methyl/N-ethyl adjacent to an activating group) is 1. The first-order valence-electron chi connectivity index (χ1n) is 7.52. The highest BCUT2D eigenvalue weighted by atomic mass is 35.5. The SMILES string of the molecule is CCN(CCON)C1=CC(=O)C(Nc2ccc(ON)c(Cl)c2)=CC1=O. The minimum Gasteiger partial charge on any atom is -0.410 e. The third-order valence-electron chi connectivity index (χ3n) is 3.60. The fourth-order valence-electron chi connectivity index (χ4n) is 2.34. The van der Waals surface area contributed by atoms with Gasteiger partial charge >= 0.3 is 0 Å². The minimum atomic E-state index is -0.322. The fourth-order valence-corrected chi connectivity index (χ4v) is 2.56. The lowest BCUT2D eigenvalue weighted by molar-refractivity contribution is -0.116. The summed E-state index contributed by atoms with van der Waals surface area (Å²) in [5.41, 5.74) is 0.983. The Hall–Kier alpha value is -2.39. The van der Waals surface area contributed by atoms with Gasteiger partial charge in [0.15, 0.2) is 5.75 Å². The number of rotatable bonds is 8. The summed E-state index contributed by atoms with van der Waals surface area (Å²) in [5.74, 6) is 9.78. The Bertz CT molecular complexity index is 733. The van der Waals surface area contributed by atoms with Crippen LogP contribution in [0, 0.1) is 0 Å². The van der Waals surface area contributed by atoms with Gasteiger partial charge in [0.2, 0.25) is 11.6 Å². The third kappa shape index (κ3) is 4.58. The van der Waals surface area contributed by atoms with Gasteiger partial charge in [-0.25, -0.2) is 5.90 Å². The molecule has 9 heteroatoms. The molecule has 0 fully saturated rings. The number of halogens is 1. The van der Waals surface area contributed by atoms with Crippen LogP contribution in [0.2, 0.25) is 5.02 Å². The Kier molecular flexibility index (Phi) is 6.54. The van der Waals surface area contributed by atoms with Crippen LogP contribution < -0.4 is 21.9 Å². The van der Waals surface area contributed by atoms with E-state index in [2.05, 4.69) is 15.0 Å². The van der Waals surface area contributed by atoms with E-state index in [1.807, 2.05) is 6.92 Å². The zero-order chi connectivity index (χ0) is 18.4. The summed E-state index contributed by atoms with van der Waals surface area (Å²) >= 11 is 5.99. The van der Waals surface area contributed by atoms with Gasteiger partial charge in [-0.05, 0) is 25.1 Å². The van der Waals surface area contributed by atoms with Crippen LogP contribution in [0.4, 0.5) is 5.69 Å². The lowest BCUT2D eigenvalue weighted by Crippen LogP contribution is -2.33. The molecule has 0 bridgehead atoms. The average molecular weight is 367 g/mol. The van der Waals surface area contributed by atoms with Gasteiger partial charge in [-0.3, -0.25) is 9.59 Å². The van der Waals surface area contributed by atoms with Crippen LogP contribution in [0.3, 0.4) is 0 Å². The Balaban J connectivity index is 2.15. The van der Waals surface area contributed by atoms with E-state index in [0.717, 1.165) is 0 Å². The number of hydrogen-bond donors (Lipinski definition) is 3. The molecule has 5 N–H and O–H groups in total. The van der Waals surface area contributed by atoms with Gasteiger partial charge in [-0.2, -0.15) is 5.90 Å². The van der Waals surface area contributed by atoms with Crippen LogP contribution in [0.1, 0.15) is 6.92 Å². The summed E-state index contributed by atoms with van der Waals surface area (Å²) in [6.45, 7) is 3.07. The molecule has 134 valence electrons. The van der Waals surface area contributed by atoms with Crippen molar-refractivity contribution in [3.63, 3.8) is 0 Å². The molecule has 1 aromatic carbocycles. The number of ketones is 2. The maximum Gasteiger partial charge on any atom is 0.204 e. The predicted octanol–water partition coefficient (Wildman–Crippen LogP) is 1.14. The van der Waals surface area contributed by atoms with E-state index in [9.17, 15) is 9.59 Å². The smallest absolute Gasteiger partial charge is 0.204 e. The van der Waals surface area contributed by atoms with Gasteiger partial charge in [-0.15, -0.1) is 0 Å². The van der Waals surface area contributed by atoms with Crippen molar-refractivity contribution in [2.24, 2.45) is 11.8 Å². The van der Waals surface area contributed by atoms with Crippen LogP contribution in [0.15, 0.2) is 41.7 Å². The number of nitrogens with one attached hydrogen (secondary N) is 1. The molecule has 1 aromatic rings. The van der Waals surface area contributed by atoms with E-state index < -0.39 is 0 Å². The minimum absolute atomic E-state index is 0.150. The van der Waals surface area contributed by atoms with Crippen molar-refractivity contribution < 1.29 is 19.3 Å². The van der Waals surface area contributed by atoms with Gasteiger partial charge in [0.05, 0.1) is 23.0 Å². The molecule has 0 atom stereocenters. The highest BCUT2D eigenvalue weighted by Gasteiger charge is 2.24. The maximum absolute atomic E-state index is 12.4. The van der Waals surface area contributed by atoms with E-state index >= 15 is 0 Å². The number of hydrogen-bond acceptors (Lipinski definition) is 8. The molecule has 0 aliphatic heterocycles. The highest BCUT2D eigenvalue weighted by Crippen LogP contribution is 2.28. The van der Waals surface area contributed by atoms with Gasteiger partial charge < -0.3 is 19.9 Å². The molecule has 1 aliphatic carbocycles. The average Bonchev–Trinajstić information content (AvgIpc) is 2.59. The van der Waals surface area contributed by atoms with E-state index in [0.29, 0.717) is 30.2 Å². The molecule has 1 aliphatic rings. The number of nitrogens with zero attached hydrogens (tertiary/aromatic N) is 1. The van der Waals surface area contributed by atoms with Crippen LogP contribution in [-0.2, 0) is 14.4 Å². The Morgan fingerprint density at radius 3 is 2.56 bits per heavy atom. The molecule has 0 aromatic heterocycles. The molecule has 0 spiro atoms. The first kappa shape index (κ1) is 18.9. The molecule has 0 amide bonds. The van der Waals surface area contributed by atoms with Gasteiger partial charge in [0.1, 0.15) is 0 Å². The largest absolute Gasteiger partial charge is 0.410 e. The molecular formula is C16H19ClN4O4. The van der Waals surface area contributed by atoms with Crippen molar-refractivity contribution in [2.75, 3.05) is 25.0 Å². The monoisotopic (exact) mass is 366 g/mol. The maximum atomic E-state index is 12.4. The van der Waals surface area contributed by atoms with Crippen molar-refractivity contribution >= 4 is 28.9 Å². The molecule has 25 heavy (non-hydrogen) atoms. The van der Waals surface area contributed by atoms with Crippen molar-refractivity contribution in [1.29, 1.82) is 0 Å². The number of benzene rings is 1. The lowest BCUT2D eigenvalue weighted by atomic mass is 10.0. The van der Waals surface area contributed by atoms with Gasteiger partial charge in [0.25, 0.3) is 0 Å². The van der Waals surface area contributed by atoms with Crippen LogP contribution in [-0.4, -0.2) is 36.2 Å². The first-order chi connectivity index (χ1) is 12.0. The van der Waals surface area contributed by atoms with Gasteiger partial charge in [0, 0.05) is 30.9 Å². The molecule has 2 rings (SSSR count). The molecule has 0 saturated heterocycles. The number of anilines is 1. The third-order valence-corrected chi connectivity index (χ3v) is 3.90. The topological polar surface area (TPSA) is 120 Å². The molecule has 0 heterocycles. The normalized spacial score (nSPS) is 14.1. The van der Waals surface area contributed by atoms with E-state index in [1.54, 1.807) is 23.1 Å². The van der Waals surface area contributed by atoms with E-state index in [4.69, 9.17) is 23.4 Å². The standard InChI is InChI=1S/C16H19ClN4O4/c1-2-21(5-6-24-18)13-9-14(22)12(8-15(13)23)20-10-3-4-16(25-19)11(17)7-10/h3-4,7-9,20H,2,5-6,18-19H2,1H3. The summed E-state index contributed by atoms with van der Waals surface area (Å²) in [6.07, 6.45) is 2.55. The zero-order valence-corrected chi connectivity index (χ0v) is 14.4. The Labute approximate surface area is 149 Å². The summed E-state index contributed by atoms with van der Waals surface area (Å²) in [6, 6.07) is 4.72. The van der Waals surface area contributed by atoms with Gasteiger partial charge in [-0.1, -0.05) is 11.6 Å². The van der Waals surface area contributed by atoms with E-state index in [-0.39, 0.29) is 28.9 Å². The second kappa shape index (κ2) is 8.63. The fraction of sp³-hybridized carbons (Fsp3) is 0.250. The molecule has 0 saturated carbocycles. The summed E-state index contributed by atoms with van der Waals surface area (Å²) in [4.78, 5) is 35.5. The highest BCUT2D eigenvalue weighted by molar-refractivity contribution is 6.32. The Morgan fingerprint density at radius 2 is 1.96 bits per heavy atom. The van der Waals surface area contributed by atoms with Crippen molar-refractivity contribution in [3.05, 3.63) is 46.8 Å². The number of carbonyl (C=O) groups is 2. The molecule has 8 nitrogen and oxygen atoms in total. The Morgan fingerprint density at radius 1 is 1.20 bits per heavy atom. The van der Waals surface area contributed by atoms with Crippen molar-refractivity contribution in [2.45, 2.75) is 6.92 Å². The summed E-state index contributed by atoms with van der Waals surface area (Å²) in [7, 11) is 0. The molecule has 0 radical (unpaired) electrons. The van der Waals surface area contributed by atoms with Crippen molar-refractivity contribution in [1.82, 2.24) is 4.90 Å². The summed E-state index contributed by atoms with van der Waals surface area (Å²) in [5, 5.41) is 3.15. The zero-order valence-electron chi connectivity index (χ0n) is 13.6. The number of carbonyl (C=O) groups excluding carboxylic acids is 2. The second-order valence-electron chi connectivity index (χ2n) is 5.15. The van der Waals surface area contributed by atoms with Crippen LogP contribution in [0.5, 0.6) is 5.75 Å². The summed E-state index contributed by atoms with van der Waals surface area (Å²) < 4.78 is 0. The lowest BCUT2D eigenvalue weighted by Gasteiger charge is -2.26. The second-order valence-corrected chi connectivity index (χ2v) is 5.56. The van der Waals surface area contributed by atoms with Crippen LogP contribution >= 0.6 is 11.6 Å². The predicted molar refractivity (Wildman–Crippen MR) is 93.5 cm³/mol. The molecular weight excluding hydrogens is 348 g/mol. The first-order valence-corrected chi connectivity index (χ1v) is 7.90. The van der Waals surface area contributed by atoms with Crippen molar-refractivity contribution in [3.8, 4) is 5.75 Å².